The van der Waals surface area contributed by atoms with Gasteiger partial charge in [0.1, 0.15) is 0 Å². The highest BCUT2D eigenvalue weighted by molar-refractivity contribution is 5.89. The molecule has 0 saturated heterocycles. The van der Waals surface area contributed by atoms with Crippen molar-refractivity contribution in [3.63, 3.8) is 0 Å². The number of carboxylic acid groups (broad SMARTS) is 1. The van der Waals surface area contributed by atoms with Crippen LogP contribution < -0.4 is 0 Å². The molecule has 1 aromatic heterocycles. The number of carboxylic acids is 1. The summed E-state index contributed by atoms with van der Waals surface area (Å²) in [6.07, 6.45) is 0.711. The number of carbonyl (C=O) groups is 1. The molecular formula is C18H17NO2. The van der Waals surface area contributed by atoms with Crippen LogP contribution in [0.5, 0.6) is 0 Å². The number of benzene rings is 2. The molecule has 3 heteroatoms. The summed E-state index contributed by atoms with van der Waals surface area (Å²) in [6.45, 7) is 2.00. The van der Waals surface area contributed by atoms with Crippen LogP contribution in [0.15, 0.2) is 48.5 Å². The Hall–Kier alpha value is -2.55. The van der Waals surface area contributed by atoms with Crippen LogP contribution >= 0.6 is 0 Å². The van der Waals surface area contributed by atoms with Gasteiger partial charge < -0.3 is 10.1 Å². The maximum atomic E-state index is 10.8. The van der Waals surface area contributed by atoms with E-state index in [1.807, 2.05) is 25.1 Å². The smallest absolute Gasteiger partial charge is 0.303 e. The molecule has 0 radical (unpaired) electrons. The van der Waals surface area contributed by atoms with Gasteiger partial charge in [-0.05, 0) is 42.2 Å². The van der Waals surface area contributed by atoms with Crippen LogP contribution in [-0.2, 0) is 11.2 Å². The van der Waals surface area contributed by atoms with Crippen molar-refractivity contribution in [3.8, 4) is 11.1 Å². The van der Waals surface area contributed by atoms with Gasteiger partial charge in [0.25, 0.3) is 0 Å². The zero-order valence-electron chi connectivity index (χ0n) is 11.9. The molecule has 3 aromatic rings. The Morgan fingerprint density at radius 2 is 1.86 bits per heavy atom. The minimum atomic E-state index is -0.761. The SMILES string of the molecule is Cc1[nH]c2ccc(-c3ccccc3)cc2c1CCC(=O)O. The van der Waals surface area contributed by atoms with Gasteiger partial charge in [-0.25, -0.2) is 0 Å². The van der Waals surface area contributed by atoms with E-state index in [2.05, 4.69) is 35.3 Å². The predicted octanol–water partition coefficient (Wildman–Crippen LogP) is 4.16. The number of fused-ring (bicyclic) bond motifs is 1. The number of rotatable bonds is 4. The number of nitrogens with one attached hydrogen (secondary N) is 1. The first-order valence-corrected chi connectivity index (χ1v) is 7.03. The summed E-state index contributed by atoms with van der Waals surface area (Å²) in [5, 5.41) is 10.0. The molecule has 0 atom stereocenters. The number of hydrogen-bond donors (Lipinski definition) is 2. The van der Waals surface area contributed by atoms with Gasteiger partial charge in [0.2, 0.25) is 0 Å². The van der Waals surface area contributed by atoms with E-state index in [9.17, 15) is 4.79 Å². The van der Waals surface area contributed by atoms with Gasteiger partial charge in [-0.1, -0.05) is 36.4 Å². The number of hydrogen-bond acceptors (Lipinski definition) is 1. The first-order chi connectivity index (χ1) is 10.1. The third-order valence-electron chi connectivity index (χ3n) is 3.82. The van der Waals surface area contributed by atoms with E-state index in [1.54, 1.807) is 0 Å². The second-order valence-corrected chi connectivity index (χ2v) is 5.25. The summed E-state index contributed by atoms with van der Waals surface area (Å²) in [4.78, 5) is 14.2. The second-order valence-electron chi connectivity index (χ2n) is 5.25. The molecule has 2 aromatic carbocycles. The first-order valence-electron chi connectivity index (χ1n) is 7.03. The quantitative estimate of drug-likeness (QED) is 0.753. The minimum absolute atomic E-state index is 0.156. The van der Waals surface area contributed by atoms with Gasteiger partial charge in [0.15, 0.2) is 0 Å². The number of aliphatic carboxylic acids is 1. The molecule has 3 rings (SSSR count). The highest BCUT2D eigenvalue weighted by Gasteiger charge is 2.11. The van der Waals surface area contributed by atoms with Crippen LogP contribution in [0, 0.1) is 6.92 Å². The summed E-state index contributed by atoms with van der Waals surface area (Å²) < 4.78 is 0. The molecule has 21 heavy (non-hydrogen) atoms. The number of aromatic nitrogens is 1. The minimum Gasteiger partial charge on any atom is -0.481 e. The van der Waals surface area contributed by atoms with Gasteiger partial charge in [0.05, 0.1) is 0 Å². The maximum absolute atomic E-state index is 10.8. The summed E-state index contributed by atoms with van der Waals surface area (Å²) in [6, 6.07) is 16.5. The van der Waals surface area contributed by atoms with Crippen LogP contribution in [0.3, 0.4) is 0 Å². The summed E-state index contributed by atoms with van der Waals surface area (Å²) in [7, 11) is 0. The van der Waals surface area contributed by atoms with Gasteiger partial charge in [-0.2, -0.15) is 0 Å². The maximum Gasteiger partial charge on any atom is 0.303 e. The van der Waals surface area contributed by atoms with Crippen LogP contribution in [0.4, 0.5) is 0 Å². The third kappa shape index (κ3) is 2.68. The lowest BCUT2D eigenvalue weighted by molar-refractivity contribution is -0.136. The van der Waals surface area contributed by atoms with Crippen molar-refractivity contribution in [2.75, 3.05) is 0 Å². The van der Waals surface area contributed by atoms with Crippen molar-refractivity contribution in [1.82, 2.24) is 4.98 Å². The van der Waals surface area contributed by atoms with E-state index in [1.165, 1.54) is 5.56 Å². The van der Waals surface area contributed by atoms with Crippen LogP contribution in [0.25, 0.3) is 22.0 Å². The van der Waals surface area contributed by atoms with Gasteiger partial charge >= 0.3 is 5.97 Å². The molecule has 2 N–H and O–H groups in total. The zero-order valence-corrected chi connectivity index (χ0v) is 11.9. The fourth-order valence-electron chi connectivity index (χ4n) is 2.75. The molecule has 3 nitrogen and oxygen atoms in total. The molecule has 0 aliphatic carbocycles. The normalized spacial score (nSPS) is 10.9. The Balaban J connectivity index is 2.07. The fourth-order valence-corrected chi connectivity index (χ4v) is 2.75. The van der Waals surface area contributed by atoms with E-state index in [-0.39, 0.29) is 6.42 Å². The van der Waals surface area contributed by atoms with Crippen molar-refractivity contribution in [1.29, 1.82) is 0 Å². The van der Waals surface area contributed by atoms with Crippen LogP contribution in [0.2, 0.25) is 0 Å². The Kier molecular flexibility index (Phi) is 3.48. The van der Waals surface area contributed by atoms with Gasteiger partial charge in [-0.3, -0.25) is 4.79 Å². The van der Waals surface area contributed by atoms with Crippen molar-refractivity contribution >= 4 is 16.9 Å². The highest BCUT2D eigenvalue weighted by atomic mass is 16.4. The largest absolute Gasteiger partial charge is 0.481 e. The molecule has 0 unspecified atom stereocenters. The Labute approximate surface area is 123 Å². The number of aryl methyl sites for hydroxylation is 2. The molecule has 0 saturated carbocycles. The fraction of sp³-hybridized carbons (Fsp3) is 0.167. The van der Waals surface area contributed by atoms with E-state index < -0.39 is 5.97 Å². The van der Waals surface area contributed by atoms with E-state index in [0.717, 1.165) is 27.7 Å². The summed E-state index contributed by atoms with van der Waals surface area (Å²) in [5.41, 5.74) is 5.54. The lowest BCUT2D eigenvalue weighted by atomic mass is 10.0. The average molecular weight is 279 g/mol. The Morgan fingerprint density at radius 1 is 1.10 bits per heavy atom. The second kappa shape index (κ2) is 5.44. The van der Waals surface area contributed by atoms with Crippen molar-refractivity contribution in [3.05, 3.63) is 59.8 Å². The molecule has 0 bridgehead atoms. The average Bonchev–Trinajstić information content (AvgIpc) is 2.80. The van der Waals surface area contributed by atoms with Crippen LogP contribution in [0.1, 0.15) is 17.7 Å². The molecule has 0 aliphatic heterocycles. The lowest BCUT2D eigenvalue weighted by Crippen LogP contribution is -1.98. The molecule has 1 heterocycles. The topological polar surface area (TPSA) is 53.1 Å². The monoisotopic (exact) mass is 279 g/mol. The van der Waals surface area contributed by atoms with E-state index in [4.69, 9.17) is 5.11 Å². The Morgan fingerprint density at radius 3 is 2.57 bits per heavy atom. The van der Waals surface area contributed by atoms with Gasteiger partial charge in [-0.15, -0.1) is 0 Å². The third-order valence-corrected chi connectivity index (χ3v) is 3.82. The van der Waals surface area contributed by atoms with E-state index in [0.29, 0.717) is 6.42 Å². The predicted molar refractivity (Wildman–Crippen MR) is 84.4 cm³/mol. The van der Waals surface area contributed by atoms with Crippen LogP contribution in [-0.4, -0.2) is 16.1 Å². The molecular weight excluding hydrogens is 262 g/mol. The zero-order chi connectivity index (χ0) is 14.8. The summed E-state index contributed by atoms with van der Waals surface area (Å²) in [5.74, 6) is -0.761. The standard InChI is InChI=1S/C18H17NO2/c1-12-15(8-10-18(20)21)16-11-14(7-9-17(16)19-12)13-5-3-2-4-6-13/h2-7,9,11,19H,8,10H2,1H3,(H,20,21). The number of aromatic amines is 1. The molecule has 0 fully saturated rings. The highest BCUT2D eigenvalue weighted by Crippen LogP contribution is 2.28. The molecule has 0 spiro atoms. The van der Waals surface area contributed by atoms with Gasteiger partial charge in [0, 0.05) is 23.0 Å². The van der Waals surface area contributed by atoms with Crippen molar-refractivity contribution < 1.29 is 9.90 Å². The molecule has 0 amide bonds. The Bertz CT molecular complexity index is 788. The first kappa shape index (κ1) is 13.4. The van der Waals surface area contributed by atoms with Crippen molar-refractivity contribution in [2.24, 2.45) is 0 Å². The molecule has 106 valence electrons. The summed E-state index contributed by atoms with van der Waals surface area (Å²) >= 11 is 0. The number of H-pyrrole nitrogens is 1. The van der Waals surface area contributed by atoms with Crippen molar-refractivity contribution in [2.45, 2.75) is 19.8 Å². The molecule has 0 aliphatic rings. The van der Waals surface area contributed by atoms with E-state index >= 15 is 0 Å². The lowest BCUT2D eigenvalue weighted by Gasteiger charge is -2.03.